The summed E-state index contributed by atoms with van der Waals surface area (Å²) in [4.78, 5) is 56.7. The van der Waals surface area contributed by atoms with Crippen molar-refractivity contribution in [2.75, 3.05) is 35.7 Å². The molecule has 13 heteroatoms. The van der Waals surface area contributed by atoms with Crippen molar-refractivity contribution in [3.05, 3.63) is 75.3 Å². The van der Waals surface area contributed by atoms with Gasteiger partial charge in [-0.1, -0.05) is 38.1 Å². The van der Waals surface area contributed by atoms with E-state index in [0.29, 0.717) is 62.1 Å². The number of hydrogen-bond donors (Lipinski definition) is 2. The van der Waals surface area contributed by atoms with E-state index in [1.807, 2.05) is 63.8 Å². The van der Waals surface area contributed by atoms with Crippen LogP contribution in [0.25, 0.3) is 38.9 Å². The summed E-state index contributed by atoms with van der Waals surface area (Å²) in [6, 6.07) is 6.51. The summed E-state index contributed by atoms with van der Waals surface area (Å²) in [5.41, 5.74) is 11.9. The highest BCUT2D eigenvalue weighted by Gasteiger charge is 2.46. The number of carbonyl (C=O) groups is 2. The Bertz CT molecular complexity index is 2270. The van der Waals surface area contributed by atoms with E-state index in [9.17, 15) is 9.59 Å². The van der Waals surface area contributed by atoms with Gasteiger partial charge in [0.2, 0.25) is 5.91 Å². The third-order valence-corrected chi connectivity index (χ3v) is 9.90. The number of hydrogen-bond acceptors (Lipinski definition) is 8. The Morgan fingerprint density at radius 2 is 1.88 bits per heavy atom. The van der Waals surface area contributed by atoms with Crippen molar-refractivity contribution in [3.8, 4) is 16.9 Å². The van der Waals surface area contributed by atoms with E-state index in [1.54, 1.807) is 22.7 Å². The topological polar surface area (TPSA) is 146 Å². The fourth-order valence-corrected chi connectivity index (χ4v) is 7.50. The quantitative estimate of drug-likeness (QED) is 0.259. The van der Waals surface area contributed by atoms with E-state index in [0.717, 1.165) is 16.6 Å². The molecule has 2 atom stereocenters. The lowest BCUT2D eigenvalue weighted by Crippen LogP contribution is -2.66. The van der Waals surface area contributed by atoms with Crippen molar-refractivity contribution in [2.24, 2.45) is 0 Å². The maximum Gasteiger partial charge on any atom is 0.283 e. The average Bonchev–Trinajstić information content (AvgIpc) is 3.43. The minimum atomic E-state index is -0.729. The first kappa shape index (κ1) is 31.4. The lowest BCUT2D eigenvalue weighted by atomic mass is 9.97. The van der Waals surface area contributed by atoms with Gasteiger partial charge in [0.15, 0.2) is 5.82 Å². The van der Waals surface area contributed by atoms with Gasteiger partial charge in [-0.25, -0.2) is 4.98 Å². The molecule has 2 unspecified atom stereocenters. The summed E-state index contributed by atoms with van der Waals surface area (Å²) in [5, 5.41) is 8.80. The first-order chi connectivity index (χ1) is 22.8. The summed E-state index contributed by atoms with van der Waals surface area (Å²) >= 11 is 7.18. The van der Waals surface area contributed by atoms with Crippen LogP contribution in [0.1, 0.15) is 43.5 Å². The minimum absolute atomic E-state index is 0.0357. The Kier molecular flexibility index (Phi) is 7.31. The summed E-state index contributed by atoms with van der Waals surface area (Å²) < 4.78 is 1.57. The van der Waals surface area contributed by atoms with Crippen LogP contribution in [0.2, 0.25) is 5.02 Å². The first-order valence-electron chi connectivity index (χ1n) is 15.8. The number of nitrogens with zero attached hydrogens (tertiary/aromatic N) is 7. The van der Waals surface area contributed by atoms with Gasteiger partial charge in [-0.15, -0.1) is 0 Å². The van der Waals surface area contributed by atoms with E-state index >= 15 is 4.79 Å². The predicted octanol–water partition coefficient (Wildman–Crippen LogP) is 4.87. The molecule has 6 heterocycles. The number of nitrogens with one attached hydrogen (secondary N) is 1. The molecule has 1 saturated heterocycles. The SMILES string of the molecule is C=CC(=O)N1CC2C(=O)N(C)c3c(c4cc(Cl)c(-c5c(C)ccc6[nH]nc(N)c56)nc4n(-c4c(C)ccnc4C(C)C)c3=O)N2CC1C. The van der Waals surface area contributed by atoms with Gasteiger partial charge in [0.05, 0.1) is 45.2 Å². The highest BCUT2D eigenvalue weighted by molar-refractivity contribution is 6.34. The number of nitrogen functional groups attached to an aromatic ring is 1. The molecule has 2 amide bonds. The van der Waals surface area contributed by atoms with Crippen LogP contribution in [0.5, 0.6) is 0 Å². The number of carbonyl (C=O) groups excluding carboxylic acids is 2. The number of halogens is 1. The standard InChI is InChI=1S/C35H36ClN9O3/c1-8-24(46)43-15-23-34(47)42(7)31-30(44(23)14-19(43)6)20-13-21(36)28(25-17(4)9-10-22-26(25)32(37)41-40-22)39-33(20)45(35(31)48)29-18(5)11-12-38-27(29)16(2)3/h8-13,16,19,23H,1,14-15H2,2-7H3,(H3,37,40,41). The van der Waals surface area contributed by atoms with Crippen molar-refractivity contribution in [3.63, 3.8) is 0 Å². The van der Waals surface area contributed by atoms with Crippen LogP contribution in [0, 0.1) is 13.8 Å². The van der Waals surface area contributed by atoms with Gasteiger partial charge < -0.3 is 20.4 Å². The zero-order valence-electron chi connectivity index (χ0n) is 27.6. The van der Waals surface area contributed by atoms with E-state index in [-0.39, 0.29) is 36.0 Å². The maximum absolute atomic E-state index is 15.0. The molecule has 5 aromatic rings. The maximum atomic E-state index is 15.0. The van der Waals surface area contributed by atoms with Crippen molar-refractivity contribution < 1.29 is 9.59 Å². The molecular formula is C35H36ClN9O3. The highest BCUT2D eigenvalue weighted by atomic mass is 35.5. The zero-order valence-corrected chi connectivity index (χ0v) is 28.4. The van der Waals surface area contributed by atoms with Crippen molar-refractivity contribution in [1.29, 1.82) is 0 Å². The molecule has 0 saturated carbocycles. The van der Waals surface area contributed by atoms with Gasteiger partial charge in [-0.2, -0.15) is 5.10 Å². The summed E-state index contributed by atoms with van der Waals surface area (Å²) in [7, 11) is 1.60. The van der Waals surface area contributed by atoms with Crippen molar-refractivity contribution in [2.45, 2.75) is 52.6 Å². The Hall–Kier alpha value is -5.23. The number of likely N-dealkylation sites (N-methyl/N-ethyl adjacent to an activating group) is 1. The normalized spacial score (nSPS) is 17.8. The van der Waals surface area contributed by atoms with Gasteiger partial charge in [-0.3, -0.25) is 29.0 Å². The first-order valence-corrected chi connectivity index (χ1v) is 16.2. The van der Waals surface area contributed by atoms with Crippen LogP contribution >= 0.6 is 11.6 Å². The van der Waals surface area contributed by atoms with Crippen molar-refractivity contribution in [1.82, 2.24) is 29.6 Å². The molecule has 2 aliphatic rings. The Labute approximate surface area is 281 Å². The smallest absolute Gasteiger partial charge is 0.283 e. The predicted molar refractivity (Wildman–Crippen MR) is 189 cm³/mol. The molecule has 246 valence electrons. The molecule has 0 bridgehead atoms. The van der Waals surface area contributed by atoms with E-state index in [4.69, 9.17) is 27.3 Å². The van der Waals surface area contributed by atoms with Crippen LogP contribution in [0.4, 0.5) is 17.2 Å². The molecule has 0 aliphatic carbocycles. The fourth-order valence-electron chi connectivity index (χ4n) is 7.26. The molecule has 1 fully saturated rings. The number of nitrogens with two attached hydrogens (primary N) is 1. The summed E-state index contributed by atoms with van der Waals surface area (Å²) in [6.45, 7) is 13.9. The molecule has 12 nitrogen and oxygen atoms in total. The number of H-pyrrole nitrogens is 1. The summed E-state index contributed by atoms with van der Waals surface area (Å²) in [5.74, 6) is -0.279. The van der Waals surface area contributed by atoms with Crippen LogP contribution in [-0.2, 0) is 9.59 Å². The molecule has 0 spiro atoms. The third-order valence-electron chi connectivity index (χ3n) is 9.62. The number of pyridine rings is 3. The summed E-state index contributed by atoms with van der Waals surface area (Å²) in [6.07, 6.45) is 2.99. The number of rotatable bonds is 4. The molecule has 3 N–H and O–H groups in total. The molecule has 0 radical (unpaired) electrons. The monoisotopic (exact) mass is 665 g/mol. The van der Waals surface area contributed by atoms with Gasteiger partial charge in [0, 0.05) is 36.8 Å². The Morgan fingerprint density at radius 3 is 2.58 bits per heavy atom. The third kappa shape index (κ3) is 4.42. The van der Waals surface area contributed by atoms with Gasteiger partial charge >= 0.3 is 0 Å². The lowest BCUT2D eigenvalue weighted by molar-refractivity contribution is -0.130. The molecule has 1 aromatic carbocycles. The number of benzene rings is 1. The molecule has 4 aromatic heterocycles. The van der Waals surface area contributed by atoms with E-state index in [2.05, 4.69) is 16.8 Å². The van der Waals surface area contributed by atoms with Crippen LogP contribution < -0.4 is 21.1 Å². The number of aryl methyl sites for hydroxylation is 2. The molecule has 48 heavy (non-hydrogen) atoms. The number of aromatic amines is 1. The van der Waals surface area contributed by atoms with Gasteiger partial charge in [0.25, 0.3) is 11.5 Å². The molecular weight excluding hydrogens is 630 g/mol. The Balaban J connectivity index is 1.63. The largest absolute Gasteiger partial charge is 0.382 e. The number of fused-ring (bicyclic) bond motifs is 6. The highest BCUT2D eigenvalue weighted by Crippen LogP contribution is 2.45. The van der Waals surface area contributed by atoms with Gasteiger partial charge in [-0.05, 0) is 62.1 Å². The zero-order chi connectivity index (χ0) is 34.3. The van der Waals surface area contributed by atoms with E-state index in [1.165, 1.54) is 11.0 Å². The van der Waals surface area contributed by atoms with Crippen molar-refractivity contribution >= 4 is 62.5 Å². The van der Waals surface area contributed by atoms with Gasteiger partial charge in [0.1, 0.15) is 17.4 Å². The second kappa shape index (κ2) is 11.2. The fraction of sp³-hybridized carbons (Fsp3) is 0.314. The minimum Gasteiger partial charge on any atom is -0.382 e. The molecule has 7 rings (SSSR count). The van der Waals surface area contributed by atoms with E-state index < -0.39 is 11.6 Å². The van der Waals surface area contributed by atoms with Crippen LogP contribution in [0.15, 0.2) is 47.9 Å². The number of amides is 2. The molecule has 2 aliphatic heterocycles. The average molecular weight is 666 g/mol. The van der Waals surface area contributed by atoms with Crippen LogP contribution in [0.3, 0.4) is 0 Å². The number of piperazine rings is 1. The van der Waals surface area contributed by atoms with Crippen LogP contribution in [-0.4, -0.2) is 73.7 Å². The number of aromatic nitrogens is 5. The Morgan fingerprint density at radius 1 is 1.12 bits per heavy atom. The second-order valence-corrected chi connectivity index (χ2v) is 13.3. The second-order valence-electron chi connectivity index (χ2n) is 12.9. The number of anilines is 3. The lowest BCUT2D eigenvalue weighted by Gasteiger charge is -2.49.